The van der Waals surface area contributed by atoms with Gasteiger partial charge in [-0.3, -0.25) is 18.4 Å². The van der Waals surface area contributed by atoms with Crippen molar-refractivity contribution in [3.05, 3.63) is 140 Å². The number of hydrogen-bond acceptors (Lipinski definition) is 4. The van der Waals surface area contributed by atoms with E-state index in [1.165, 1.54) is 0 Å². The van der Waals surface area contributed by atoms with Gasteiger partial charge in [0.1, 0.15) is 11.3 Å². The Hall–Kier alpha value is -4.55. The Balaban J connectivity index is 0.000000269. The van der Waals surface area contributed by atoms with Gasteiger partial charge in [-0.1, -0.05) is 108 Å². The van der Waals surface area contributed by atoms with Gasteiger partial charge in [0, 0.05) is 16.4 Å². The third-order valence-electron chi connectivity index (χ3n) is 6.65. The number of nitrogens with zero attached hydrogens (tertiary/aromatic N) is 4. The van der Waals surface area contributed by atoms with Crippen LogP contribution in [0.1, 0.15) is 64.3 Å². The van der Waals surface area contributed by atoms with E-state index < -0.39 is 0 Å². The smallest absolute Gasteiger partial charge is 0.266 e. The van der Waals surface area contributed by atoms with Crippen molar-refractivity contribution >= 4 is 22.9 Å². The Kier molecular flexibility index (Phi) is 14.4. The molecule has 0 aliphatic carbocycles. The van der Waals surface area contributed by atoms with Crippen molar-refractivity contribution in [1.29, 1.82) is 0 Å². The zero-order valence-corrected chi connectivity index (χ0v) is 28.9. The molecular weight excluding hydrogens is 580 g/mol. The number of rotatable bonds is 2. The molecule has 6 rings (SSSR count). The van der Waals surface area contributed by atoms with Crippen molar-refractivity contribution in [2.24, 2.45) is 0 Å². The van der Waals surface area contributed by atoms with Crippen LogP contribution in [-0.2, 0) is 0 Å². The molecule has 0 atom stereocenters. The number of aromatic nitrogens is 4. The van der Waals surface area contributed by atoms with Crippen LogP contribution < -0.4 is 11.1 Å². The summed E-state index contributed by atoms with van der Waals surface area (Å²) in [6, 6.07) is 28.3. The number of pyridine rings is 2. The molecule has 0 bridgehead atoms. The minimum absolute atomic E-state index is 0.00759. The Morgan fingerprint density at radius 2 is 0.867 bits per heavy atom. The first-order valence-electron chi connectivity index (χ1n) is 15.6. The first-order chi connectivity index (χ1) is 21.8. The molecule has 7 heteroatoms. The highest BCUT2D eigenvalue weighted by molar-refractivity contribution is 6.30. The SMILES string of the molecule is CC.CC.CC.Cc1nc2cccc(C)n2c(=O)c1-c1ccc(Cl)cc1.Cc1nc2cccc(C)n2c(=O)c1-c1ccccc1. The number of aryl methyl sites for hydroxylation is 4. The van der Waals surface area contributed by atoms with Crippen LogP contribution in [0.4, 0.5) is 0 Å². The average Bonchev–Trinajstić information content (AvgIpc) is 3.05. The van der Waals surface area contributed by atoms with Crippen molar-refractivity contribution in [3.63, 3.8) is 0 Å². The van der Waals surface area contributed by atoms with Crippen molar-refractivity contribution in [2.75, 3.05) is 0 Å². The highest BCUT2D eigenvalue weighted by Gasteiger charge is 2.13. The van der Waals surface area contributed by atoms with Crippen LogP contribution in [0.25, 0.3) is 33.5 Å². The first-order valence-corrected chi connectivity index (χ1v) is 15.9. The standard InChI is InChI=1S/C16H13ClN2O.C16H14N2O.3C2H6/c1-10-4-3-5-14-18-11(2)15(16(20)19(10)14)12-6-8-13(17)9-7-12;1-11-7-6-10-14-17-12(2)15(16(19)18(11)14)13-8-4-3-5-9-13;3*1-2/h3-9H,1-2H3;3-10H,1-2H3;3*1-2H3. The highest BCUT2D eigenvalue weighted by atomic mass is 35.5. The summed E-state index contributed by atoms with van der Waals surface area (Å²) in [6.45, 7) is 19.6. The summed E-state index contributed by atoms with van der Waals surface area (Å²) >= 11 is 5.90. The van der Waals surface area contributed by atoms with Gasteiger partial charge in [0.25, 0.3) is 11.1 Å². The predicted molar refractivity (Wildman–Crippen MR) is 192 cm³/mol. The summed E-state index contributed by atoms with van der Waals surface area (Å²) in [5, 5.41) is 0.649. The summed E-state index contributed by atoms with van der Waals surface area (Å²) < 4.78 is 3.30. The molecule has 45 heavy (non-hydrogen) atoms. The minimum Gasteiger partial charge on any atom is -0.268 e. The minimum atomic E-state index is -0.0482. The molecule has 0 spiro atoms. The average molecular weight is 625 g/mol. The molecule has 2 aromatic carbocycles. The number of hydrogen-bond donors (Lipinski definition) is 0. The second kappa shape index (κ2) is 17.7. The first kappa shape index (κ1) is 36.6. The summed E-state index contributed by atoms with van der Waals surface area (Å²) in [5.74, 6) is 0. The van der Waals surface area contributed by atoms with E-state index in [4.69, 9.17) is 11.6 Å². The van der Waals surface area contributed by atoms with E-state index in [1.807, 2.05) is 148 Å². The van der Waals surface area contributed by atoms with Crippen LogP contribution in [0, 0.1) is 27.7 Å². The van der Waals surface area contributed by atoms with Crippen LogP contribution in [0.3, 0.4) is 0 Å². The molecule has 6 aromatic rings. The van der Waals surface area contributed by atoms with E-state index in [0.717, 1.165) is 33.9 Å². The second-order valence-corrected chi connectivity index (χ2v) is 9.79. The van der Waals surface area contributed by atoms with Crippen LogP contribution in [0.2, 0.25) is 5.02 Å². The van der Waals surface area contributed by atoms with Crippen LogP contribution in [0.5, 0.6) is 0 Å². The van der Waals surface area contributed by atoms with Gasteiger partial charge in [-0.15, -0.1) is 0 Å². The second-order valence-electron chi connectivity index (χ2n) is 9.35. The quantitative estimate of drug-likeness (QED) is 0.192. The van der Waals surface area contributed by atoms with Gasteiger partial charge in [0.05, 0.1) is 22.5 Å². The fourth-order valence-corrected chi connectivity index (χ4v) is 4.91. The van der Waals surface area contributed by atoms with Crippen LogP contribution in [0.15, 0.2) is 101 Å². The van der Waals surface area contributed by atoms with Crippen molar-refractivity contribution in [2.45, 2.75) is 69.2 Å². The van der Waals surface area contributed by atoms with Gasteiger partial charge in [0.2, 0.25) is 0 Å². The predicted octanol–water partition coefficient (Wildman–Crippen LogP) is 9.69. The third kappa shape index (κ3) is 8.34. The maximum Gasteiger partial charge on any atom is 0.266 e. The van der Waals surface area contributed by atoms with Gasteiger partial charge in [-0.05, 0) is 75.2 Å². The number of benzene rings is 2. The van der Waals surface area contributed by atoms with Crippen molar-refractivity contribution in [3.8, 4) is 22.3 Å². The molecule has 6 nitrogen and oxygen atoms in total. The van der Waals surface area contributed by atoms with E-state index >= 15 is 0 Å². The summed E-state index contributed by atoms with van der Waals surface area (Å²) in [6.07, 6.45) is 0. The molecule has 0 saturated carbocycles. The molecule has 4 heterocycles. The van der Waals surface area contributed by atoms with E-state index in [9.17, 15) is 9.59 Å². The third-order valence-corrected chi connectivity index (χ3v) is 6.90. The summed E-state index contributed by atoms with van der Waals surface area (Å²) in [4.78, 5) is 34.5. The molecule has 0 saturated heterocycles. The molecule has 0 aliphatic rings. The van der Waals surface area contributed by atoms with Gasteiger partial charge in [-0.2, -0.15) is 0 Å². The van der Waals surface area contributed by atoms with Gasteiger partial charge < -0.3 is 0 Å². The lowest BCUT2D eigenvalue weighted by molar-refractivity contribution is 0.976. The summed E-state index contributed by atoms with van der Waals surface area (Å²) in [7, 11) is 0. The van der Waals surface area contributed by atoms with E-state index in [1.54, 1.807) is 20.9 Å². The molecule has 0 N–H and O–H groups in total. The van der Waals surface area contributed by atoms with Gasteiger partial charge >= 0.3 is 0 Å². The van der Waals surface area contributed by atoms with E-state index in [2.05, 4.69) is 9.97 Å². The molecular formula is C38H45ClN4O2. The monoisotopic (exact) mass is 624 g/mol. The number of halogens is 1. The topological polar surface area (TPSA) is 68.7 Å². The number of fused-ring (bicyclic) bond motifs is 2. The summed E-state index contributed by atoms with van der Waals surface area (Å²) in [5.41, 5.74) is 7.61. The molecule has 0 radical (unpaired) electrons. The van der Waals surface area contributed by atoms with Crippen LogP contribution in [-0.4, -0.2) is 18.8 Å². The van der Waals surface area contributed by atoms with Crippen molar-refractivity contribution < 1.29 is 0 Å². The van der Waals surface area contributed by atoms with Gasteiger partial charge in [0.15, 0.2) is 0 Å². The molecule has 236 valence electrons. The van der Waals surface area contributed by atoms with E-state index in [0.29, 0.717) is 27.4 Å². The lowest BCUT2D eigenvalue weighted by Crippen LogP contribution is -2.20. The Bertz CT molecular complexity index is 1940. The molecule has 0 aliphatic heterocycles. The van der Waals surface area contributed by atoms with Gasteiger partial charge in [-0.25, -0.2) is 9.97 Å². The fraction of sp³-hybridized carbons (Fsp3) is 0.263. The Labute approximate surface area is 272 Å². The Morgan fingerprint density at radius 1 is 0.489 bits per heavy atom. The fourth-order valence-electron chi connectivity index (χ4n) is 4.78. The maximum absolute atomic E-state index is 12.7. The maximum atomic E-state index is 12.7. The molecule has 0 unspecified atom stereocenters. The normalized spacial score (nSPS) is 9.84. The zero-order chi connectivity index (χ0) is 33.7. The zero-order valence-electron chi connectivity index (χ0n) is 28.1. The molecule has 0 amide bonds. The highest BCUT2D eigenvalue weighted by Crippen LogP contribution is 2.22. The Morgan fingerprint density at radius 3 is 1.27 bits per heavy atom. The lowest BCUT2D eigenvalue weighted by atomic mass is 10.1. The van der Waals surface area contributed by atoms with E-state index in [-0.39, 0.29) is 11.1 Å². The van der Waals surface area contributed by atoms with Crippen LogP contribution >= 0.6 is 11.6 Å². The molecule has 4 aromatic heterocycles. The van der Waals surface area contributed by atoms with Crippen molar-refractivity contribution in [1.82, 2.24) is 18.8 Å². The molecule has 0 fully saturated rings. The largest absolute Gasteiger partial charge is 0.268 e. The lowest BCUT2D eigenvalue weighted by Gasteiger charge is -2.10.